The second kappa shape index (κ2) is 10.9. The summed E-state index contributed by atoms with van der Waals surface area (Å²) in [6, 6.07) is 11.5. The first kappa shape index (κ1) is 23.6. The minimum Gasteiger partial charge on any atom is -0.352 e. The fourth-order valence-electron chi connectivity index (χ4n) is 3.34. The van der Waals surface area contributed by atoms with Crippen LogP contribution in [-0.2, 0) is 22.6 Å². The van der Waals surface area contributed by atoms with Crippen LogP contribution in [0.3, 0.4) is 0 Å². The summed E-state index contributed by atoms with van der Waals surface area (Å²) >= 11 is 0. The molecule has 0 saturated carbocycles. The lowest BCUT2D eigenvalue weighted by Gasteiger charge is -2.31. The molecule has 0 unspecified atom stereocenters. The van der Waals surface area contributed by atoms with Gasteiger partial charge in [-0.2, -0.15) is 0 Å². The SMILES string of the molecule is CC[C@H](C(=O)N[C@@H](C)CC)N(Cc1ccc(F)cc1)C(=O)Cc1ccc(C)c(C)c1. The maximum atomic E-state index is 13.3. The summed E-state index contributed by atoms with van der Waals surface area (Å²) in [4.78, 5) is 27.9. The molecule has 0 aromatic heterocycles. The first-order chi connectivity index (χ1) is 14.2. The Labute approximate surface area is 179 Å². The van der Waals surface area contributed by atoms with E-state index in [9.17, 15) is 14.0 Å². The van der Waals surface area contributed by atoms with Crippen molar-refractivity contribution in [2.45, 2.75) is 72.5 Å². The molecule has 5 heteroatoms. The van der Waals surface area contributed by atoms with E-state index in [1.807, 2.05) is 52.8 Å². The van der Waals surface area contributed by atoms with Crippen LogP contribution >= 0.6 is 0 Å². The Balaban J connectivity index is 2.30. The van der Waals surface area contributed by atoms with E-state index in [1.165, 1.54) is 17.7 Å². The van der Waals surface area contributed by atoms with E-state index >= 15 is 0 Å². The molecular formula is C25H33FN2O2. The van der Waals surface area contributed by atoms with Gasteiger partial charge in [-0.05, 0) is 68.0 Å². The van der Waals surface area contributed by atoms with Crippen molar-refractivity contribution >= 4 is 11.8 Å². The number of hydrogen-bond donors (Lipinski definition) is 1. The lowest BCUT2D eigenvalue weighted by atomic mass is 10.0. The molecule has 30 heavy (non-hydrogen) atoms. The third-order valence-electron chi connectivity index (χ3n) is 5.58. The van der Waals surface area contributed by atoms with Crippen molar-refractivity contribution < 1.29 is 14.0 Å². The van der Waals surface area contributed by atoms with Crippen molar-refractivity contribution in [3.63, 3.8) is 0 Å². The summed E-state index contributed by atoms with van der Waals surface area (Å²) in [5, 5.41) is 3.00. The Morgan fingerprint density at radius 1 is 0.967 bits per heavy atom. The summed E-state index contributed by atoms with van der Waals surface area (Å²) in [6.45, 7) is 10.2. The molecule has 0 fully saturated rings. The smallest absolute Gasteiger partial charge is 0.243 e. The van der Waals surface area contributed by atoms with Gasteiger partial charge in [0.25, 0.3) is 0 Å². The van der Waals surface area contributed by atoms with Gasteiger partial charge >= 0.3 is 0 Å². The first-order valence-corrected chi connectivity index (χ1v) is 10.7. The summed E-state index contributed by atoms with van der Waals surface area (Å²) in [7, 11) is 0. The van der Waals surface area contributed by atoms with Gasteiger partial charge < -0.3 is 10.2 Å². The molecule has 4 nitrogen and oxygen atoms in total. The fraction of sp³-hybridized carbons (Fsp3) is 0.440. The summed E-state index contributed by atoms with van der Waals surface area (Å²) in [5.74, 6) is -0.593. The minimum absolute atomic E-state index is 0.0362. The second-order valence-electron chi connectivity index (χ2n) is 7.99. The fourth-order valence-corrected chi connectivity index (χ4v) is 3.34. The molecule has 0 aliphatic rings. The summed E-state index contributed by atoms with van der Waals surface area (Å²) in [6.07, 6.45) is 1.54. The van der Waals surface area contributed by atoms with Crippen LogP contribution in [0.25, 0.3) is 0 Å². The number of aryl methyl sites for hydroxylation is 2. The van der Waals surface area contributed by atoms with E-state index in [0.717, 1.165) is 23.1 Å². The van der Waals surface area contributed by atoms with Crippen molar-refractivity contribution in [1.82, 2.24) is 10.2 Å². The van der Waals surface area contributed by atoms with E-state index in [4.69, 9.17) is 0 Å². The first-order valence-electron chi connectivity index (χ1n) is 10.7. The molecule has 2 rings (SSSR count). The molecule has 2 atom stereocenters. The number of benzene rings is 2. The van der Waals surface area contributed by atoms with Crippen molar-refractivity contribution in [3.05, 3.63) is 70.5 Å². The van der Waals surface area contributed by atoms with Crippen LogP contribution in [0.5, 0.6) is 0 Å². The van der Waals surface area contributed by atoms with Gasteiger partial charge in [0.05, 0.1) is 6.42 Å². The van der Waals surface area contributed by atoms with Crippen LogP contribution in [0, 0.1) is 19.7 Å². The number of carbonyl (C=O) groups is 2. The molecule has 0 radical (unpaired) electrons. The highest BCUT2D eigenvalue weighted by Crippen LogP contribution is 2.17. The topological polar surface area (TPSA) is 49.4 Å². The third-order valence-corrected chi connectivity index (χ3v) is 5.58. The molecule has 2 aromatic carbocycles. The van der Waals surface area contributed by atoms with Crippen molar-refractivity contribution in [3.8, 4) is 0 Å². The highest BCUT2D eigenvalue weighted by atomic mass is 19.1. The quantitative estimate of drug-likeness (QED) is 0.649. The largest absolute Gasteiger partial charge is 0.352 e. The molecule has 0 saturated heterocycles. The zero-order valence-electron chi connectivity index (χ0n) is 18.7. The molecule has 2 amide bonds. The van der Waals surface area contributed by atoms with Crippen LogP contribution in [0.15, 0.2) is 42.5 Å². The van der Waals surface area contributed by atoms with Gasteiger partial charge in [0.15, 0.2) is 0 Å². The van der Waals surface area contributed by atoms with Gasteiger partial charge in [-0.15, -0.1) is 0 Å². The molecule has 0 heterocycles. The molecular weight excluding hydrogens is 379 g/mol. The molecule has 2 aromatic rings. The Bertz CT molecular complexity index is 864. The standard InChI is InChI=1S/C25H33FN2O2/c1-6-19(5)27-25(30)23(7-2)28(16-20-10-12-22(26)13-11-20)24(29)15-21-9-8-17(3)18(4)14-21/h8-14,19,23H,6-7,15-16H2,1-5H3,(H,27,30)/t19-,23+/m0/s1. The Kier molecular flexibility index (Phi) is 8.58. The number of amides is 2. The van der Waals surface area contributed by atoms with Gasteiger partial charge in [0.2, 0.25) is 11.8 Å². The number of carbonyl (C=O) groups excluding carboxylic acids is 2. The lowest BCUT2D eigenvalue weighted by Crippen LogP contribution is -2.51. The van der Waals surface area contributed by atoms with Gasteiger partial charge in [0, 0.05) is 12.6 Å². The van der Waals surface area contributed by atoms with Crippen LogP contribution in [0.1, 0.15) is 55.9 Å². The minimum atomic E-state index is -0.580. The Hall–Kier alpha value is -2.69. The zero-order chi connectivity index (χ0) is 22.3. The summed E-state index contributed by atoms with van der Waals surface area (Å²) in [5.41, 5.74) is 4.02. The number of halogens is 1. The van der Waals surface area contributed by atoms with E-state index in [-0.39, 0.29) is 36.6 Å². The molecule has 0 bridgehead atoms. The molecule has 0 spiro atoms. The average Bonchev–Trinajstić information content (AvgIpc) is 2.71. The van der Waals surface area contributed by atoms with Gasteiger partial charge in [-0.3, -0.25) is 9.59 Å². The second-order valence-corrected chi connectivity index (χ2v) is 7.99. The van der Waals surface area contributed by atoms with Crippen LogP contribution in [0.4, 0.5) is 4.39 Å². The van der Waals surface area contributed by atoms with Gasteiger partial charge in [-0.25, -0.2) is 4.39 Å². The van der Waals surface area contributed by atoms with E-state index in [1.54, 1.807) is 17.0 Å². The molecule has 162 valence electrons. The molecule has 0 aliphatic heterocycles. The van der Waals surface area contributed by atoms with Gasteiger partial charge in [-0.1, -0.05) is 44.2 Å². The maximum Gasteiger partial charge on any atom is 0.243 e. The zero-order valence-corrected chi connectivity index (χ0v) is 18.7. The predicted octanol–water partition coefficient (Wildman–Crippen LogP) is 4.71. The van der Waals surface area contributed by atoms with Crippen molar-refractivity contribution in [1.29, 1.82) is 0 Å². The van der Waals surface area contributed by atoms with Gasteiger partial charge in [0.1, 0.15) is 11.9 Å². The highest BCUT2D eigenvalue weighted by molar-refractivity contribution is 5.88. The van der Waals surface area contributed by atoms with Crippen LogP contribution in [-0.4, -0.2) is 28.8 Å². The number of rotatable bonds is 9. The summed E-state index contributed by atoms with van der Waals surface area (Å²) < 4.78 is 13.3. The molecule has 1 N–H and O–H groups in total. The Morgan fingerprint density at radius 3 is 2.17 bits per heavy atom. The Morgan fingerprint density at radius 2 is 1.60 bits per heavy atom. The molecule has 0 aliphatic carbocycles. The van der Waals surface area contributed by atoms with E-state index in [0.29, 0.717) is 6.42 Å². The highest BCUT2D eigenvalue weighted by Gasteiger charge is 2.29. The van der Waals surface area contributed by atoms with E-state index in [2.05, 4.69) is 5.32 Å². The van der Waals surface area contributed by atoms with E-state index < -0.39 is 6.04 Å². The maximum absolute atomic E-state index is 13.3. The lowest BCUT2D eigenvalue weighted by molar-refractivity contribution is -0.141. The third kappa shape index (κ3) is 6.41. The normalized spacial score (nSPS) is 12.9. The number of hydrogen-bond acceptors (Lipinski definition) is 2. The van der Waals surface area contributed by atoms with Crippen molar-refractivity contribution in [2.75, 3.05) is 0 Å². The average molecular weight is 413 g/mol. The van der Waals surface area contributed by atoms with Crippen molar-refractivity contribution in [2.24, 2.45) is 0 Å². The predicted molar refractivity (Wildman–Crippen MR) is 119 cm³/mol. The van der Waals surface area contributed by atoms with Crippen LogP contribution in [0.2, 0.25) is 0 Å². The number of nitrogens with one attached hydrogen (secondary N) is 1. The number of nitrogens with zero attached hydrogens (tertiary/aromatic N) is 1. The van der Waals surface area contributed by atoms with Crippen LogP contribution < -0.4 is 5.32 Å². The monoisotopic (exact) mass is 412 g/mol.